The Morgan fingerprint density at radius 3 is 2.73 bits per heavy atom. The van der Waals surface area contributed by atoms with Gasteiger partial charge in [0.25, 0.3) is 0 Å². The van der Waals surface area contributed by atoms with Gasteiger partial charge in [0.05, 0.1) is 18.9 Å². The SMILES string of the molecule is CCOCCS(=O)(=O)NCC(=O)N1CCC(C)CC1CN.Cl. The molecule has 0 bridgehead atoms. The summed E-state index contributed by atoms with van der Waals surface area (Å²) in [5.74, 6) is 0.202. The van der Waals surface area contributed by atoms with Gasteiger partial charge in [0.1, 0.15) is 0 Å². The van der Waals surface area contributed by atoms with E-state index in [0.29, 0.717) is 25.6 Å². The number of carbonyl (C=O) groups is 1. The maximum atomic E-state index is 12.2. The normalized spacial score (nSPS) is 22.2. The van der Waals surface area contributed by atoms with Crippen LogP contribution in [-0.4, -0.2) is 63.9 Å². The number of likely N-dealkylation sites (tertiary alicyclic amines) is 1. The molecule has 0 spiro atoms. The first-order chi connectivity index (χ1) is 9.89. The molecular weight excluding hydrogens is 330 g/mol. The maximum Gasteiger partial charge on any atom is 0.237 e. The van der Waals surface area contributed by atoms with Gasteiger partial charge in [-0.15, -0.1) is 12.4 Å². The van der Waals surface area contributed by atoms with Gasteiger partial charge in [-0.05, 0) is 25.7 Å². The number of hydrogen-bond acceptors (Lipinski definition) is 5. The molecule has 0 aliphatic carbocycles. The van der Waals surface area contributed by atoms with Gasteiger partial charge in [-0.3, -0.25) is 4.79 Å². The van der Waals surface area contributed by atoms with E-state index in [9.17, 15) is 13.2 Å². The Hall–Kier alpha value is -0.410. The number of ether oxygens (including phenoxy) is 1. The van der Waals surface area contributed by atoms with Gasteiger partial charge >= 0.3 is 0 Å². The van der Waals surface area contributed by atoms with Crippen LogP contribution in [-0.2, 0) is 19.6 Å². The second kappa shape index (κ2) is 10.4. The monoisotopic (exact) mass is 357 g/mol. The number of nitrogens with one attached hydrogen (secondary N) is 1. The second-order valence-electron chi connectivity index (χ2n) is 5.44. The van der Waals surface area contributed by atoms with Crippen molar-refractivity contribution in [3.05, 3.63) is 0 Å². The highest BCUT2D eigenvalue weighted by Gasteiger charge is 2.29. The summed E-state index contributed by atoms with van der Waals surface area (Å²) in [7, 11) is -3.48. The number of hydrogen-bond donors (Lipinski definition) is 2. The molecule has 132 valence electrons. The Morgan fingerprint density at radius 1 is 1.45 bits per heavy atom. The van der Waals surface area contributed by atoms with Gasteiger partial charge in [0, 0.05) is 25.7 Å². The van der Waals surface area contributed by atoms with Gasteiger partial charge in [-0.1, -0.05) is 6.92 Å². The van der Waals surface area contributed by atoms with Crippen LogP contribution >= 0.6 is 12.4 Å². The van der Waals surface area contributed by atoms with Crippen molar-refractivity contribution in [2.24, 2.45) is 11.7 Å². The van der Waals surface area contributed by atoms with Crippen molar-refractivity contribution in [1.29, 1.82) is 0 Å². The van der Waals surface area contributed by atoms with Gasteiger partial charge in [0.2, 0.25) is 15.9 Å². The van der Waals surface area contributed by atoms with Crippen LogP contribution in [0.5, 0.6) is 0 Å². The molecule has 2 unspecified atom stereocenters. The van der Waals surface area contributed by atoms with Gasteiger partial charge < -0.3 is 15.4 Å². The summed E-state index contributed by atoms with van der Waals surface area (Å²) in [5, 5.41) is 0. The molecule has 0 saturated carbocycles. The van der Waals surface area contributed by atoms with Crippen molar-refractivity contribution in [3.63, 3.8) is 0 Å². The highest BCUT2D eigenvalue weighted by atomic mass is 35.5. The number of piperidine rings is 1. The number of nitrogens with two attached hydrogens (primary N) is 1. The first kappa shape index (κ1) is 21.6. The van der Waals surface area contributed by atoms with E-state index in [-0.39, 0.29) is 43.3 Å². The first-order valence-corrected chi connectivity index (χ1v) is 9.09. The average Bonchev–Trinajstić information content (AvgIpc) is 2.45. The van der Waals surface area contributed by atoms with E-state index in [1.54, 1.807) is 11.8 Å². The molecule has 3 N–H and O–H groups in total. The topological polar surface area (TPSA) is 102 Å². The summed E-state index contributed by atoms with van der Waals surface area (Å²) in [5.41, 5.74) is 5.71. The van der Waals surface area contributed by atoms with Gasteiger partial charge in [-0.25, -0.2) is 13.1 Å². The number of sulfonamides is 1. The fourth-order valence-electron chi connectivity index (χ4n) is 2.46. The Labute approximate surface area is 139 Å². The van der Waals surface area contributed by atoms with Crippen LogP contribution < -0.4 is 10.5 Å². The van der Waals surface area contributed by atoms with Crippen LogP contribution in [0.4, 0.5) is 0 Å². The fraction of sp³-hybridized carbons (Fsp3) is 0.923. The van der Waals surface area contributed by atoms with Crippen LogP contribution in [0.1, 0.15) is 26.7 Å². The largest absolute Gasteiger partial charge is 0.381 e. The molecule has 0 aromatic carbocycles. The lowest BCUT2D eigenvalue weighted by molar-refractivity contribution is -0.133. The third kappa shape index (κ3) is 7.23. The molecular formula is C13H28ClN3O4S. The summed E-state index contributed by atoms with van der Waals surface area (Å²) in [6.07, 6.45) is 1.80. The Kier molecular flexibility index (Phi) is 10.2. The average molecular weight is 358 g/mol. The van der Waals surface area contributed by atoms with Crippen molar-refractivity contribution >= 4 is 28.3 Å². The maximum absolute atomic E-state index is 12.2. The number of nitrogens with zero attached hydrogens (tertiary/aromatic N) is 1. The fourth-order valence-corrected chi connectivity index (χ4v) is 3.29. The molecule has 1 rings (SSSR count). The Balaban J connectivity index is 0.00000441. The smallest absolute Gasteiger partial charge is 0.237 e. The third-order valence-electron chi connectivity index (χ3n) is 3.71. The molecule has 1 saturated heterocycles. The van der Waals surface area contributed by atoms with Gasteiger partial charge in [-0.2, -0.15) is 0 Å². The Morgan fingerprint density at radius 2 is 2.14 bits per heavy atom. The molecule has 2 atom stereocenters. The summed E-state index contributed by atoms with van der Waals surface area (Å²) in [4.78, 5) is 13.9. The van der Waals surface area contributed by atoms with Crippen molar-refractivity contribution in [2.45, 2.75) is 32.7 Å². The standard InChI is InChI=1S/C13H27N3O4S.ClH/c1-3-20-6-7-21(18,19)15-10-13(17)16-5-4-11(2)8-12(16)9-14;/h11-12,15H,3-10,14H2,1-2H3;1H. The molecule has 0 aromatic rings. The number of carbonyl (C=O) groups excluding carboxylic acids is 1. The van der Waals surface area contributed by atoms with Crippen molar-refractivity contribution < 1.29 is 17.9 Å². The molecule has 0 aromatic heterocycles. The molecule has 1 amide bonds. The first-order valence-electron chi connectivity index (χ1n) is 7.44. The highest BCUT2D eigenvalue weighted by Crippen LogP contribution is 2.21. The van der Waals surface area contributed by atoms with E-state index in [1.807, 2.05) is 0 Å². The highest BCUT2D eigenvalue weighted by molar-refractivity contribution is 7.89. The van der Waals surface area contributed by atoms with E-state index in [1.165, 1.54) is 0 Å². The summed E-state index contributed by atoms with van der Waals surface area (Å²) >= 11 is 0. The summed E-state index contributed by atoms with van der Waals surface area (Å²) in [6, 6.07) is 0.00850. The van der Waals surface area contributed by atoms with Crippen molar-refractivity contribution in [2.75, 3.05) is 38.6 Å². The summed E-state index contributed by atoms with van der Waals surface area (Å²) in [6.45, 7) is 5.38. The lowest BCUT2D eigenvalue weighted by Gasteiger charge is -2.38. The van der Waals surface area contributed by atoms with Crippen LogP contribution in [0.3, 0.4) is 0 Å². The molecule has 1 aliphatic rings. The van der Waals surface area contributed by atoms with Gasteiger partial charge in [0.15, 0.2) is 0 Å². The quantitative estimate of drug-likeness (QED) is 0.593. The Bertz CT molecular complexity index is 433. The van der Waals surface area contributed by atoms with Crippen molar-refractivity contribution in [3.8, 4) is 0 Å². The zero-order valence-corrected chi connectivity index (χ0v) is 14.9. The van der Waals surface area contributed by atoms with E-state index in [4.69, 9.17) is 10.5 Å². The molecule has 9 heteroatoms. The third-order valence-corrected chi connectivity index (χ3v) is 5.00. The molecule has 22 heavy (non-hydrogen) atoms. The number of halogens is 1. The minimum absolute atomic E-state index is 0. The lowest BCUT2D eigenvalue weighted by atomic mass is 9.92. The predicted molar refractivity (Wildman–Crippen MR) is 88.5 cm³/mol. The molecule has 0 radical (unpaired) electrons. The van der Waals surface area contributed by atoms with Crippen LogP contribution in [0.25, 0.3) is 0 Å². The van der Waals surface area contributed by atoms with E-state index < -0.39 is 10.0 Å². The lowest BCUT2D eigenvalue weighted by Crippen LogP contribution is -2.52. The number of rotatable bonds is 8. The minimum Gasteiger partial charge on any atom is -0.381 e. The van der Waals surface area contributed by atoms with E-state index >= 15 is 0 Å². The second-order valence-corrected chi connectivity index (χ2v) is 7.37. The van der Waals surface area contributed by atoms with Crippen LogP contribution in [0, 0.1) is 5.92 Å². The predicted octanol–water partition coefficient (Wildman–Crippen LogP) is -0.0501. The zero-order valence-electron chi connectivity index (χ0n) is 13.3. The summed E-state index contributed by atoms with van der Waals surface area (Å²) < 4.78 is 30.8. The molecule has 1 aliphatic heterocycles. The minimum atomic E-state index is -3.48. The van der Waals surface area contributed by atoms with E-state index in [0.717, 1.165) is 12.8 Å². The molecule has 1 heterocycles. The van der Waals surface area contributed by atoms with Crippen LogP contribution in [0.2, 0.25) is 0 Å². The molecule has 1 fully saturated rings. The van der Waals surface area contributed by atoms with E-state index in [2.05, 4.69) is 11.6 Å². The van der Waals surface area contributed by atoms with Crippen LogP contribution in [0.15, 0.2) is 0 Å². The zero-order chi connectivity index (χ0) is 15.9. The van der Waals surface area contributed by atoms with Crippen molar-refractivity contribution in [1.82, 2.24) is 9.62 Å². The number of amides is 1. The molecule has 7 nitrogen and oxygen atoms in total.